The van der Waals surface area contributed by atoms with E-state index in [9.17, 15) is 18.0 Å². The molecule has 3 rings (SSSR count). The highest BCUT2D eigenvalue weighted by atomic mass is 32.2. The van der Waals surface area contributed by atoms with Gasteiger partial charge in [-0.2, -0.15) is 8.78 Å². The fourth-order valence-electron chi connectivity index (χ4n) is 2.76. The minimum absolute atomic E-state index is 0.100. The van der Waals surface area contributed by atoms with Crippen LogP contribution in [0.25, 0.3) is 0 Å². The largest absolute Gasteiger partial charge is 0.493 e. The number of hydrogen-bond donors (Lipinski definition) is 1. The Hall–Kier alpha value is -2.35. The lowest BCUT2D eigenvalue weighted by Gasteiger charge is -2.26. The quantitative estimate of drug-likeness (QED) is 0.831. The predicted molar refractivity (Wildman–Crippen MR) is 91.6 cm³/mol. The van der Waals surface area contributed by atoms with Gasteiger partial charge in [0.05, 0.1) is 13.2 Å². The molecule has 0 aliphatic carbocycles. The molecular weight excluding hydrogens is 367 g/mol. The summed E-state index contributed by atoms with van der Waals surface area (Å²) in [5, 5.41) is 2.83. The number of hydrogen-bond acceptors (Lipinski definition) is 4. The van der Waals surface area contributed by atoms with E-state index >= 15 is 0 Å². The second-order valence-corrected chi connectivity index (χ2v) is 6.73. The molecule has 0 fully saturated rings. The standard InChI is InChI=1S/C18H16F3NO3S/c1-24-14-4-2-10(8-15(14)25-18(20)21)17(23)22-13-6-7-26-16-5-3-11(19)9-12(13)16/h2-5,8-9,13,18H,6-7H2,1H3,(H,22,23)/t13-/m1/s1. The fourth-order valence-corrected chi connectivity index (χ4v) is 3.87. The number of alkyl halides is 2. The Balaban J connectivity index is 1.82. The van der Waals surface area contributed by atoms with E-state index in [0.717, 1.165) is 10.6 Å². The number of thioether (sulfide) groups is 1. The summed E-state index contributed by atoms with van der Waals surface area (Å²) in [7, 11) is 1.32. The van der Waals surface area contributed by atoms with E-state index in [1.54, 1.807) is 17.8 Å². The number of nitrogens with one attached hydrogen (secondary N) is 1. The van der Waals surface area contributed by atoms with E-state index < -0.39 is 12.5 Å². The van der Waals surface area contributed by atoms with Crippen LogP contribution in [0, 0.1) is 5.82 Å². The lowest BCUT2D eigenvalue weighted by molar-refractivity contribution is -0.0512. The van der Waals surface area contributed by atoms with Gasteiger partial charge in [-0.25, -0.2) is 4.39 Å². The number of halogens is 3. The van der Waals surface area contributed by atoms with Gasteiger partial charge in [0, 0.05) is 16.2 Å². The number of benzene rings is 2. The minimum Gasteiger partial charge on any atom is -0.493 e. The van der Waals surface area contributed by atoms with Crippen molar-refractivity contribution in [2.24, 2.45) is 0 Å². The number of carbonyl (C=O) groups excluding carboxylic acids is 1. The first-order valence-corrected chi connectivity index (χ1v) is 8.82. The molecule has 0 bridgehead atoms. The highest BCUT2D eigenvalue weighted by Crippen LogP contribution is 2.37. The molecule has 0 spiro atoms. The zero-order chi connectivity index (χ0) is 18.7. The summed E-state index contributed by atoms with van der Waals surface area (Å²) < 4.78 is 48.0. The smallest absolute Gasteiger partial charge is 0.387 e. The Morgan fingerprint density at radius 2 is 2.04 bits per heavy atom. The first-order chi connectivity index (χ1) is 12.5. The molecule has 26 heavy (non-hydrogen) atoms. The van der Waals surface area contributed by atoms with Crippen LogP contribution >= 0.6 is 11.8 Å². The van der Waals surface area contributed by atoms with Crippen molar-refractivity contribution in [3.8, 4) is 11.5 Å². The van der Waals surface area contributed by atoms with Gasteiger partial charge in [0.25, 0.3) is 5.91 Å². The van der Waals surface area contributed by atoms with Crippen molar-refractivity contribution in [2.75, 3.05) is 12.9 Å². The first kappa shape index (κ1) is 18.4. The molecule has 1 atom stereocenters. The van der Waals surface area contributed by atoms with Crippen LogP contribution in [0.3, 0.4) is 0 Å². The van der Waals surface area contributed by atoms with E-state index in [4.69, 9.17) is 4.74 Å². The lowest BCUT2D eigenvalue weighted by Crippen LogP contribution is -2.30. The Kier molecular flexibility index (Phi) is 5.61. The molecule has 2 aromatic rings. The van der Waals surface area contributed by atoms with Crippen molar-refractivity contribution in [1.29, 1.82) is 0 Å². The van der Waals surface area contributed by atoms with Crippen LogP contribution in [0.15, 0.2) is 41.3 Å². The van der Waals surface area contributed by atoms with Crippen LogP contribution in [0.1, 0.15) is 28.4 Å². The van der Waals surface area contributed by atoms with Gasteiger partial charge in [-0.1, -0.05) is 0 Å². The van der Waals surface area contributed by atoms with Crippen LogP contribution in [0.5, 0.6) is 11.5 Å². The summed E-state index contributed by atoms with van der Waals surface area (Å²) >= 11 is 1.60. The number of ether oxygens (including phenoxy) is 2. The van der Waals surface area contributed by atoms with Gasteiger partial charge >= 0.3 is 6.61 Å². The highest BCUT2D eigenvalue weighted by Gasteiger charge is 2.24. The molecular formula is C18H16F3NO3S. The number of carbonyl (C=O) groups is 1. The maximum Gasteiger partial charge on any atom is 0.387 e. The number of amides is 1. The van der Waals surface area contributed by atoms with E-state index in [2.05, 4.69) is 10.1 Å². The summed E-state index contributed by atoms with van der Waals surface area (Å²) in [5.74, 6) is -0.170. The van der Waals surface area contributed by atoms with Gasteiger partial charge in [0.2, 0.25) is 0 Å². The molecule has 0 saturated heterocycles. The van der Waals surface area contributed by atoms with E-state index in [0.29, 0.717) is 12.0 Å². The second-order valence-electron chi connectivity index (χ2n) is 5.59. The second kappa shape index (κ2) is 7.90. The van der Waals surface area contributed by atoms with Crippen molar-refractivity contribution in [1.82, 2.24) is 5.32 Å². The average molecular weight is 383 g/mol. The molecule has 8 heteroatoms. The predicted octanol–water partition coefficient (Wildman–Crippen LogP) is 4.40. The van der Waals surface area contributed by atoms with Crippen LogP contribution in [0.4, 0.5) is 13.2 Å². The van der Waals surface area contributed by atoms with E-state index in [-0.39, 0.29) is 28.9 Å². The van der Waals surface area contributed by atoms with Crippen molar-refractivity contribution in [3.05, 3.63) is 53.3 Å². The van der Waals surface area contributed by atoms with Crippen molar-refractivity contribution >= 4 is 17.7 Å². The van der Waals surface area contributed by atoms with E-state index in [1.807, 2.05) is 0 Å². The molecule has 1 aliphatic heterocycles. The van der Waals surface area contributed by atoms with Crippen molar-refractivity contribution < 1.29 is 27.4 Å². The van der Waals surface area contributed by atoms with Crippen LogP contribution in [0.2, 0.25) is 0 Å². The van der Waals surface area contributed by atoms with E-state index in [1.165, 1.54) is 37.4 Å². The van der Waals surface area contributed by atoms with Gasteiger partial charge in [-0.3, -0.25) is 4.79 Å². The molecule has 1 N–H and O–H groups in total. The Morgan fingerprint density at radius 1 is 1.23 bits per heavy atom. The van der Waals surface area contributed by atoms with Gasteiger partial charge < -0.3 is 14.8 Å². The molecule has 0 radical (unpaired) electrons. The Bertz CT molecular complexity index is 816. The molecule has 2 aromatic carbocycles. The van der Waals surface area contributed by atoms with Crippen molar-refractivity contribution in [3.63, 3.8) is 0 Å². The molecule has 0 saturated carbocycles. The van der Waals surface area contributed by atoms with Gasteiger partial charge in [0.1, 0.15) is 5.82 Å². The molecule has 1 aliphatic rings. The van der Waals surface area contributed by atoms with Gasteiger partial charge in [-0.15, -0.1) is 11.8 Å². The Morgan fingerprint density at radius 3 is 2.77 bits per heavy atom. The zero-order valence-corrected chi connectivity index (χ0v) is 14.6. The number of methoxy groups -OCH3 is 1. The normalized spacial score (nSPS) is 16.1. The van der Waals surface area contributed by atoms with Crippen LogP contribution < -0.4 is 14.8 Å². The third kappa shape index (κ3) is 4.07. The minimum atomic E-state index is -3.03. The molecule has 4 nitrogen and oxygen atoms in total. The SMILES string of the molecule is COc1ccc(C(=O)N[C@@H]2CCSc3ccc(F)cc32)cc1OC(F)F. The Labute approximate surface area is 152 Å². The maximum absolute atomic E-state index is 13.6. The molecule has 0 aromatic heterocycles. The third-order valence-electron chi connectivity index (χ3n) is 3.96. The summed E-state index contributed by atoms with van der Waals surface area (Å²) in [6, 6.07) is 8.17. The average Bonchev–Trinajstić information content (AvgIpc) is 2.61. The number of rotatable bonds is 5. The van der Waals surface area contributed by atoms with Crippen LogP contribution in [-0.2, 0) is 0 Å². The first-order valence-electron chi connectivity index (χ1n) is 7.84. The monoisotopic (exact) mass is 383 g/mol. The third-order valence-corrected chi connectivity index (χ3v) is 5.08. The lowest BCUT2D eigenvalue weighted by atomic mass is 10.0. The molecule has 1 heterocycles. The fraction of sp³-hybridized carbons (Fsp3) is 0.278. The maximum atomic E-state index is 13.6. The molecule has 138 valence electrons. The summed E-state index contributed by atoms with van der Waals surface area (Å²) in [6.45, 7) is -3.03. The summed E-state index contributed by atoms with van der Waals surface area (Å²) in [4.78, 5) is 13.5. The van der Waals surface area contributed by atoms with Crippen LogP contribution in [-0.4, -0.2) is 25.4 Å². The zero-order valence-electron chi connectivity index (χ0n) is 13.8. The van der Waals surface area contributed by atoms with Gasteiger partial charge in [0.15, 0.2) is 11.5 Å². The van der Waals surface area contributed by atoms with Gasteiger partial charge in [-0.05, 0) is 48.4 Å². The molecule has 0 unspecified atom stereocenters. The summed E-state index contributed by atoms with van der Waals surface area (Å²) in [5.41, 5.74) is 0.866. The van der Waals surface area contributed by atoms with Crippen molar-refractivity contribution in [2.45, 2.75) is 24.0 Å². The summed E-state index contributed by atoms with van der Waals surface area (Å²) in [6.07, 6.45) is 0.642. The topological polar surface area (TPSA) is 47.6 Å². The molecule has 1 amide bonds. The number of fused-ring (bicyclic) bond motifs is 1. The highest BCUT2D eigenvalue weighted by molar-refractivity contribution is 7.99.